The van der Waals surface area contributed by atoms with Crippen molar-refractivity contribution >= 4 is 63.0 Å². The van der Waals surface area contributed by atoms with Crippen molar-refractivity contribution in [1.29, 1.82) is 0 Å². The summed E-state index contributed by atoms with van der Waals surface area (Å²) in [4.78, 5) is 23.2. The average molecular weight is 411 g/mol. The Kier molecular flexibility index (Phi) is 6.03. The molecule has 0 saturated carbocycles. The van der Waals surface area contributed by atoms with Crippen molar-refractivity contribution in [2.75, 3.05) is 0 Å². The van der Waals surface area contributed by atoms with E-state index in [1.54, 1.807) is 48.5 Å². The number of phenols is 2. The molecule has 145 valence electrons. The number of aromatic hydroxyl groups is 2. The van der Waals surface area contributed by atoms with Crippen molar-refractivity contribution in [2.45, 2.75) is 6.42 Å². The van der Waals surface area contributed by atoms with Crippen molar-refractivity contribution in [3.63, 3.8) is 0 Å². The summed E-state index contributed by atoms with van der Waals surface area (Å²) in [5.74, 6) is -3.36. The molecule has 0 aliphatic carbocycles. The third-order valence-corrected chi connectivity index (χ3v) is 5.07. The number of carboxylic acids is 2. The Bertz CT molecular complexity index is 1210. The van der Waals surface area contributed by atoms with Crippen LogP contribution < -0.4 is 0 Å². The fourth-order valence-electron chi connectivity index (χ4n) is 3.68. The number of aromatic carboxylic acids is 2. The number of carbonyl (C=O) groups is 2. The summed E-state index contributed by atoms with van der Waals surface area (Å²) in [5.41, 5.74) is 0.112. The van der Waals surface area contributed by atoms with Gasteiger partial charge >= 0.3 is 11.9 Å². The van der Waals surface area contributed by atoms with Crippen LogP contribution >= 0.6 is 0 Å². The van der Waals surface area contributed by atoms with Crippen LogP contribution in [0.3, 0.4) is 0 Å². The van der Waals surface area contributed by atoms with Crippen molar-refractivity contribution in [3.05, 3.63) is 82.9 Å². The molecular weight excluding hydrogens is 395 g/mol. The van der Waals surface area contributed by atoms with E-state index in [1.165, 1.54) is 12.1 Å². The molecule has 4 aromatic carbocycles. The number of hydrogen-bond acceptors (Lipinski definition) is 4. The molecule has 4 rings (SSSR count). The van der Waals surface area contributed by atoms with E-state index in [0.717, 1.165) is 0 Å². The van der Waals surface area contributed by atoms with Crippen molar-refractivity contribution < 1.29 is 30.0 Å². The van der Waals surface area contributed by atoms with Crippen LogP contribution in [0.1, 0.15) is 31.8 Å². The second kappa shape index (κ2) is 8.36. The van der Waals surface area contributed by atoms with E-state index in [2.05, 4.69) is 0 Å². The van der Waals surface area contributed by atoms with E-state index in [-0.39, 0.29) is 47.1 Å². The number of rotatable bonds is 4. The predicted octanol–water partition coefficient (Wildman–Crippen LogP) is 4.01. The molecule has 4 N–H and O–H groups in total. The first-order chi connectivity index (χ1) is 13.9. The van der Waals surface area contributed by atoms with E-state index in [4.69, 9.17) is 0 Å². The first-order valence-corrected chi connectivity index (χ1v) is 8.82. The second-order valence-corrected chi connectivity index (χ2v) is 6.73. The van der Waals surface area contributed by atoms with Gasteiger partial charge in [0.15, 0.2) is 0 Å². The Hall–Kier alpha value is -3.06. The second-order valence-electron chi connectivity index (χ2n) is 6.73. The van der Waals surface area contributed by atoms with E-state index < -0.39 is 23.4 Å². The fourth-order valence-corrected chi connectivity index (χ4v) is 3.68. The Labute approximate surface area is 193 Å². The smallest absolute Gasteiger partial charge is 0.339 e. The van der Waals surface area contributed by atoms with Gasteiger partial charge in [0, 0.05) is 47.1 Å². The van der Waals surface area contributed by atoms with E-state index in [9.17, 15) is 30.0 Å². The minimum Gasteiger partial charge on any atom is -0.507 e. The zero-order chi connectivity index (χ0) is 20.7. The molecular formula is C23H16NaO6. The summed E-state index contributed by atoms with van der Waals surface area (Å²) < 4.78 is 0. The molecule has 0 saturated heterocycles. The van der Waals surface area contributed by atoms with Crippen LogP contribution in [-0.4, -0.2) is 61.9 Å². The van der Waals surface area contributed by atoms with Gasteiger partial charge in [-0.3, -0.25) is 0 Å². The summed E-state index contributed by atoms with van der Waals surface area (Å²) in [7, 11) is 0. The monoisotopic (exact) mass is 411 g/mol. The normalized spacial score (nSPS) is 10.7. The standard InChI is InChI=1S/C23H16O6.Na/c24-20-16(14-7-3-1-5-12(14)9-18(20)22(26)27)11-17-15-8-4-2-6-13(15)10-19(21(17)25)23(28)29;/h1-10,24-25H,11H2,(H,26,27)(H,28,29);. The van der Waals surface area contributed by atoms with Crippen LogP contribution in [0.2, 0.25) is 0 Å². The molecule has 0 aromatic heterocycles. The molecule has 0 aliphatic rings. The number of hydrogen-bond donors (Lipinski definition) is 4. The van der Waals surface area contributed by atoms with Gasteiger partial charge in [0.05, 0.1) is 0 Å². The van der Waals surface area contributed by atoms with Crippen LogP contribution in [0.15, 0.2) is 60.7 Å². The predicted molar refractivity (Wildman–Crippen MR) is 114 cm³/mol. The van der Waals surface area contributed by atoms with Gasteiger partial charge in [-0.2, -0.15) is 0 Å². The first-order valence-electron chi connectivity index (χ1n) is 8.82. The topological polar surface area (TPSA) is 115 Å². The minimum absolute atomic E-state index is 0. The zero-order valence-electron chi connectivity index (χ0n) is 16.1. The van der Waals surface area contributed by atoms with Crippen LogP contribution in [0, 0.1) is 0 Å². The number of fused-ring (bicyclic) bond motifs is 2. The SMILES string of the molecule is O=C(O)c1cc2ccccc2c(Cc2c(O)c(C(=O)O)cc3ccccc23)c1O.[Na]. The molecule has 0 atom stereocenters. The van der Waals surface area contributed by atoms with Gasteiger partial charge in [-0.15, -0.1) is 0 Å². The summed E-state index contributed by atoms with van der Waals surface area (Å²) >= 11 is 0. The quantitative estimate of drug-likeness (QED) is 0.377. The molecule has 7 heteroatoms. The van der Waals surface area contributed by atoms with Crippen LogP contribution in [0.5, 0.6) is 11.5 Å². The maximum atomic E-state index is 11.6. The summed E-state index contributed by atoms with van der Waals surface area (Å²) in [6, 6.07) is 16.8. The van der Waals surface area contributed by atoms with E-state index in [1.807, 2.05) is 0 Å². The molecule has 1 radical (unpaired) electrons. The van der Waals surface area contributed by atoms with Crippen molar-refractivity contribution in [3.8, 4) is 11.5 Å². The molecule has 0 unspecified atom stereocenters. The molecule has 0 amide bonds. The molecule has 6 nitrogen and oxygen atoms in total. The molecule has 30 heavy (non-hydrogen) atoms. The van der Waals surface area contributed by atoms with Gasteiger partial charge in [-0.25, -0.2) is 9.59 Å². The third kappa shape index (κ3) is 3.61. The Morgan fingerprint density at radius 3 is 1.40 bits per heavy atom. The van der Waals surface area contributed by atoms with E-state index >= 15 is 0 Å². The molecule has 0 bridgehead atoms. The Morgan fingerprint density at radius 1 is 0.667 bits per heavy atom. The number of benzene rings is 4. The number of carboxylic acid groups (broad SMARTS) is 2. The first kappa shape index (κ1) is 21.6. The Morgan fingerprint density at radius 2 is 1.03 bits per heavy atom. The fraction of sp³-hybridized carbons (Fsp3) is 0.0435. The van der Waals surface area contributed by atoms with Gasteiger partial charge in [0.1, 0.15) is 22.6 Å². The summed E-state index contributed by atoms with van der Waals surface area (Å²) in [5, 5.41) is 42.8. The molecule has 0 heterocycles. The maximum Gasteiger partial charge on any atom is 0.339 e. The van der Waals surface area contributed by atoms with Gasteiger partial charge in [-0.05, 0) is 33.7 Å². The zero-order valence-corrected chi connectivity index (χ0v) is 18.1. The van der Waals surface area contributed by atoms with Crippen molar-refractivity contribution in [2.24, 2.45) is 0 Å². The summed E-state index contributed by atoms with van der Waals surface area (Å²) in [6.07, 6.45) is -0.0407. The van der Waals surface area contributed by atoms with E-state index in [0.29, 0.717) is 32.7 Å². The van der Waals surface area contributed by atoms with Crippen LogP contribution in [0.25, 0.3) is 21.5 Å². The molecule has 0 spiro atoms. The molecule has 0 fully saturated rings. The third-order valence-electron chi connectivity index (χ3n) is 5.07. The van der Waals surface area contributed by atoms with Gasteiger partial charge in [0.25, 0.3) is 0 Å². The van der Waals surface area contributed by atoms with Crippen LogP contribution in [-0.2, 0) is 6.42 Å². The maximum absolute atomic E-state index is 11.6. The average Bonchev–Trinajstić information content (AvgIpc) is 2.70. The van der Waals surface area contributed by atoms with Gasteiger partial charge in [-0.1, -0.05) is 48.5 Å². The summed E-state index contributed by atoms with van der Waals surface area (Å²) in [6.45, 7) is 0. The largest absolute Gasteiger partial charge is 0.507 e. The minimum atomic E-state index is -1.28. The molecule has 0 aliphatic heterocycles. The van der Waals surface area contributed by atoms with Gasteiger partial charge in [0.2, 0.25) is 0 Å². The molecule has 4 aromatic rings. The van der Waals surface area contributed by atoms with Gasteiger partial charge < -0.3 is 20.4 Å². The van der Waals surface area contributed by atoms with Crippen LogP contribution in [0.4, 0.5) is 0 Å². The van der Waals surface area contributed by atoms with Crippen molar-refractivity contribution in [1.82, 2.24) is 0 Å². The Balaban J connectivity index is 0.00000256.